The molecule has 1 aliphatic rings. The number of amides is 2. The molecule has 2 aromatic heterocycles. The first-order chi connectivity index (χ1) is 17.2. The summed E-state index contributed by atoms with van der Waals surface area (Å²) >= 11 is 7.92. The van der Waals surface area contributed by atoms with E-state index in [1.807, 2.05) is 36.4 Å². The Balaban J connectivity index is 1.58. The smallest absolute Gasteiger partial charge is 0.274 e. The summed E-state index contributed by atoms with van der Waals surface area (Å²) in [5.74, 6) is -0.547. The Morgan fingerprint density at radius 2 is 1.83 bits per heavy atom. The third kappa shape index (κ3) is 4.79. The Morgan fingerprint density at radius 3 is 2.58 bits per heavy atom. The van der Waals surface area contributed by atoms with Crippen LogP contribution in [-0.4, -0.2) is 60.8 Å². The molecule has 0 atom stereocenters. The van der Waals surface area contributed by atoms with Gasteiger partial charge in [0.05, 0.1) is 32.7 Å². The number of hydrogen-bond acceptors (Lipinski definition) is 6. The summed E-state index contributed by atoms with van der Waals surface area (Å²) in [7, 11) is -3.34. The number of hydrogen-bond donors (Lipinski definition) is 1. The number of para-hydroxylation sites is 1. The first kappa shape index (κ1) is 24.2. The van der Waals surface area contributed by atoms with Crippen molar-refractivity contribution in [1.29, 1.82) is 0 Å². The number of rotatable bonds is 5. The molecule has 2 amide bonds. The molecule has 0 radical (unpaired) electrons. The van der Waals surface area contributed by atoms with Crippen molar-refractivity contribution < 1.29 is 18.0 Å². The highest BCUT2D eigenvalue weighted by Gasteiger charge is 2.26. The van der Waals surface area contributed by atoms with Crippen molar-refractivity contribution in [2.24, 2.45) is 0 Å². The highest BCUT2D eigenvalue weighted by Crippen LogP contribution is 2.37. The van der Waals surface area contributed by atoms with Crippen LogP contribution in [0, 0.1) is 0 Å². The quantitative estimate of drug-likeness (QED) is 0.414. The van der Waals surface area contributed by atoms with Crippen molar-refractivity contribution in [3.05, 3.63) is 77.4 Å². The number of sulfone groups is 1. The van der Waals surface area contributed by atoms with E-state index in [0.29, 0.717) is 29.5 Å². The Morgan fingerprint density at radius 1 is 1.06 bits per heavy atom. The topological polar surface area (TPSA) is 101 Å². The molecule has 11 heteroatoms. The second kappa shape index (κ2) is 9.53. The molecular weight excluding hydrogens is 520 g/mol. The first-order valence-corrected chi connectivity index (χ1v) is 14.1. The largest absolute Gasteiger partial charge is 0.353 e. The summed E-state index contributed by atoms with van der Waals surface area (Å²) in [6, 6.07) is 19.5. The summed E-state index contributed by atoms with van der Waals surface area (Å²) < 4.78 is 25.7. The first-order valence-electron chi connectivity index (χ1n) is 11.0. The molecule has 5 rings (SSSR count). The van der Waals surface area contributed by atoms with Gasteiger partial charge in [-0.2, -0.15) is 5.10 Å². The molecule has 2 aromatic carbocycles. The summed E-state index contributed by atoms with van der Waals surface area (Å²) in [5, 5.41) is 7.76. The van der Waals surface area contributed by atoms with Crippen LogP contribution in [0.15, 0.2) is 71.6 Å². The van der Waals surface area contributed by atoms with E-state index in [4.69, 9.17) is 11.6 Å². The molecule has 1 aliphatic heterocycles. The average Bonchev–Trinajstić information content (AvgIpc) is 3.51. The Kier molecular flexibility index (Phi) is 6.42. The maximum atomic E-state index is 13.2. The zero-order valence-corrected chi connectivity index (χ0v) is 21.5. The SMILES string of the molecule is CS(=O)(=O)c1cccc(-c2ccc(-c3cc(C(=O)N4CCNC(=O)C4)nn3-c3ccccc3Cl)s2)c1. The van der Waals surface area contributed by atoms with E-state index in [9.17, 15) is 18.0 Å². The monoisotopic (exact) mass is 540 g/mol. The number of carbonyl (C=O) groups is 2. The molecule has 1 saturated heterocycles. The second-order valence-electron chi connectivity index (χ2n) is 8.32. The van der Waals surface area contributed by atoms with Crippen LogP contribution < -0.4 is 5.32 Å². The number of nitrogens with one attached hydrogen (secondary N) is 1. The van der Waals surface area contributed by atoms with Crippen LogP contribution in [-0.2, 0) is 14.6 Å². The van der Waals surface area contributed by atoms with Gasteiger partial charge in [0, 0.05) is 24.2 Å². The van der Waals surface area contributed by atoms with Gasteiger partial charge in [-0.15, -0.1) is 11.3 Å². The van der Waals surface area contributed by atoms with Crippen LogP contribution >= 0.6 is 22.9 Å². The molecule has 1 fully saturated rings. The minimum absolute atomic E-state index is 0.0209. The molecule has 8 nitrogen and oxygen atoms in total. The summed E-state index contributed by atoms with van der Waals surface area (Å²) in [6.45, 7) is 0.773. The Labute approximate surface area is 217 Å². The van der Waals surface area contributed by atoms with Gasteiger partial charge in [0.2, 0.25) is 5.91 Å². The van der Waals surface area contributed by atoms with Gasteiger partial charge in [-0.05, 0) is 48.0 Å². The third-order valence-electron chi connectivity index (χ3n) is 5.74. The van der Waals surface area contributed by atoms with Crippen molar-refractivity contribution in [2.75, 3.05) is 25.9 Å². The fourth-order valence-corrected chi connectivity index (χ4v) is 5.84. The standard InChI is InChI=1S/C25H21ClN4O4S2/c1-36(33,34)17-6-4-5-16(13-17)22-9-10-23(35-22)21-14-19(25(32)29-12-11-27-24(31)15-29)28-30(21)20-8-3-2-7-18(20)26/h2-10,13-14H,11-12,15H2,1H3,(H,27,31). The van der Waals surface area contributed by atoms with Gasteiger partial charge in [-0.3, -0.25) is 9.59 Å². The van der Waals surface area contributed by atoms with E-state index < -0.39 is 9.84 Å². The molecule has 3 heterocycles. The lowest BCUT2D eigenvalue weighted by molar-refractivity contribution is -0.123. The van der Waals surface area contributed by atoms with E-state index in [2.05, 4.69) is 10.4 Å². The zero-order chi connectivity index (χ0) is 25.4. The third-order valence-corrected chi connectivity index (χ3v) is 8.33. The van der Waals surface area contributed by atoms with Crippen LogP contribution in [0.2, 0.25) is 5.02 Å². The highest BCUT2D eigenvalue weighted by atomic mass is 35.5. The number of benzene rings is 2. The average molecular weight is 541 g/mol. The molecule has 0 saturated carbocycles. The Bertz CT molecular complexity index is 1590. The lowest BCUT2D eigenvalue weighted by atomic mass is 10.2. The Hall–Kier alpha value is -3.47. The van der Waals surface area contributed by atoms with Crippen molar-refractivity contribution in [2.45, 2.75) is 4.90 Å². The number of carbonyl (C=O) groups excluding carboxylic acids is 2. The highest BCUT2D eigenvalue weighted by molar-refractivity contribution is 7.90. The number of halogens is 1. The number of piperazine rings is 1. The van der Waals surface area contributed by atoms with E-state index in [1.165, 1.54) is 22.5 Å². The van der Waals surface area contributed by atoms with Gasteiger partial charge in [0.25, 0.3) is 5.91 Å². The molecule has 184 valence electrons. The minimum Gasteiger partial charge on any atom is -0.353 e. The van der Waals surface area contributed by atoms with Crippen molar-refractivity contribution >= 4 is 44.6 Å². The maximum Gasteiger partial charge on any atom is 0.274 e. The van der Waals surface area contributed by atoms with Crippen molar-refractivity contribution in [1.82, 2.24) is 20.0 Å². The molecule has 0 spiro atoms. The molecular formula is C25H21ClN4O4S2. The lowest BCUT2D eigenvalue weighted by Crippen LogP contribution is -2.50. The van der Waals surface area contributed by atoms with Gasteiger partial charge in [-0.1, -0.05) is 35.9 Å². The van der Waals surface area contributed by atoms with E-state index >= 15 is 0 Å². The van der Waals surface area contributed by atoms with Gasteiger partial charge in [0.1, 0.15) is 0 Å². The number of aromatic nitrogens is 2. The predicted molar refractivity (Wildman–Crippen MR) is 139 cm³/mol. The normalized spacial score (nSPS) is 14.1. The van der Waals surface area contributed by atoms with Crippen LogP contribution in [0.5, 0.6) is 0 Å². The number of nitrogens with zero attached hydrogens (tertiary/aromatic N) is 3. The molecule has 0 bridgehead atoms. The maximum absolute atomic E-state index is 13.2. The summed E-state index contributed by atoms with van der Waals surface area (Å²) in [6.07, 6.45) is 1.18. The van der Waals surface area contributed by atoms with Crippen molar-refractivity contribution in [3.63, 3.8) is 0 Å². The lowest BCUT2D eigenvalue weighted by Gasteiger charge is -2.25. The molecule has 0 aliphatic carbocycles. The summed E-state index contributed by atoms with van der Waals surface area (Å²) in [5.41, 5.74) is 2.24. The fourth-order valence-electron chi connectivity index (χ4n) is 3.95. The van der Waals surface area contributed by atoms with Crippen LogP contribution in [0.3, 0.4) is 0 Å². The van der Waals surface area contributed by atoms with Crippen LogP contribution in [0.4, 0.5) is 0 Å². The fraction of sp³-hybridized carbons (Fsp3) is 0.160. The predicted octanol–water partition coefficient (Wildman–Crippen LogP) is 3.90. The molecule has 4 aromatic rings. The van der Waals surface area contributed by atoms with Gasteiger partial charge in [0.15, 0.2) is 15.5 Å². The number of thiophene rings is 1. The molecule has 0 unspecified atom stereocenters. The van der Waals surface area contributed by atoms with E-state index in [-0.39, 0.29) is 28.9 Å². The van der Waals surface area contributed by atoms with E-state index in [1.54, 1.807) is 35.0 Å². The van der Waals surface area contributed by atoms with E-state index in [0.717, 1.165) is 15.3 Å². The zero-order valence-electron chi connectivity index (χ0n) is 19.1. The van der Waals surface area contributed by atoms with Crippen molar-refractivity contribution in [3.8, 4) is 26.7 Å². The minimum atomic E-state index is -3.34. The van der Waals surface area contributed by atoms with Gasteiger partial charge >= 0.3 is 0 Å². The molecule has 1 N–H and O–H groups in total. The van der Waals surface area contributed by atoms with Gasteiger partial charge < -0.3 is 10.2 Å². The second-order valence-corrected chi connectivity index (χ2v) is 11.8. The molecule has 36 heavy (non-hydrogen) atoms. The van der Waals surface area contributed by atoms with Crippen LogP contribution in [0.1, 0.15) is 10.5 Å². The van der Waals surface area contributed by atoms with Gasteiger partial charge in [-0.25, -0.2) is 13.1 Å². The van der Waals surface area contributed by atoms with Crippen LogP contribution in [0.25, 0.3) is 26.7 Å². The summed E-state index contributed by atoms with van der Waals surface area (Å²) in [4.78, 5) is 28.4.